The Morgan fingerprint density at radius 3 is 2.12 bits per heavy atom. The summed E-state index contributed by atoms with van der Waals surface area (Å²) in [5, 5.41) is 0.597. The molecule has 1 heterocycles. The van der Waals surface area contributed by atoms with E-state index in [1.807, 2.05) is 42.5 Å². The van der Waals surface area contributed by atoms with Gasteiger partial charge in [-0.3, -0.25) is 9.36 Å². The van der Waals surface area contributed by atoms with Crippen LogP contribution < -0.4 is 4.90 Å². The summed E-state index contributed by atoms with van der Waals surface area (Å²) in [6.07, 6.45) is 0. The van der Waals surface area contributed by atoms with Gasteiger partial charge in [0, 0.05) is 10.7 Å². The number of para-hydroxylation sites is 1. The fourth-order valence-electron chi connectivity index (χ4n) is 3.21. The highest BCUT2D eigenvalue weighted by molar-refractivity contribution is 7.56. The number of benzene rings is 2. The Hall–Kier alpha value is -1.65. The molecule has 0 unspecified atom stereocenters. The maximum atomic E-state index is 13.3. The zero-order valence-corrected chi connectivity index (χ0v) is 16.3. The summed E-state index contributed by atoms with van der Waals surface area (Å²) in [5.74, 6) is -0.263. The lowest BCUT2D eigenvalue weighted by Crippen LogP contribution is -2.59. The van der Waals surface area contributed by atoms with Gasteiger partial charge in [0.05, 0.1) is 19.3 Å². The Morgan fingerprint density at radius 2 is 1.58 bits per heavy atom. The van der Waals surface area contributed by atoms with Gasteiger partial charge in [-0.2, -0.15) is 0 Å². The third-order valence-corrected chi connectivity index (χ3v) is 6.95. The standard InChI is InChI=1S/C19H21ClNO4P/c1-3-24-26(23,25-4-2)18-17(14-10-12-15(20)13-11-14)21(19(18)22)16-8-6-5-7-9-16/h5-13,17-18H,3-4H2,1-2H3/t17-,18-/m1/s1. The first-order valence-corrected chi connectivity index (χ1v) is 10.5. The summed E-state index contributed by atoms with van der Waals surface area (Å²) in [5.41, 5.74) is 0.708. The summed E-state index contributed by atoms with van der Waals surface area (Å²) in [7, 11) is -3.60. The van der Waals surface area contributed by atoms with Crippen LogP contribution in [-0.2, 0) is 18.4 Å². The van der Waals surface area contributed by atoms with Crippen LogP contribution in [0, 0.1) is 0 Å². The van der Waals surface area contributed by atoms with E-state index in [1.54, 1.807) is 30.9 Å². The van der Waals surface area contributed by atoms with Crippen molar-refractivity contribution in [3.63, 3.8) is 0 Å². The predicted molar refractivity (Wildman–Crippen MR) is 103 cm³/mol. The molecular formula is C19H21ClNO4P. The van der Waals surface area contributed by atoms with Crippen LogP contribution in [0.2, 0.25) is 5.02 Å². The molecule has 0 N–H and O–H groups in total. The zero-order chi connectivity index (χ0) is 18.7. The van der Waals surface area contributed by atoms with E-state index < -0.39 is 19.3 Å². The van der Waals surface area contributed by atoms with Crippen LogP contribution in [-0.4, -0.2) is 24.8 Å². The Morgan fingerprint density at radius 1 is 1.00 bits per heavy atom. The highest BCUT2D eigenvalue weighted by Crippen LogP contribution is 2.63. The highest BCUT2D eigenvalue weighted by atomic mass is 35.5. The van der Waals surface area contributed by atoms with E-state index >= 15 is 0 Å². The average molecular weight is 394 g/mol. The van der Waals surface area contributed by atoms with E-state index in [4.69, 9.17) is 20.6 Å². The Bertz CT molecular complexity index is 802. The van der Waals surface area contributed by atoms with Gasteiger partial charge in [0.15, 0.2) is 5.66 Å². The van der Waals surface area contributed by atoms with Gasteiger partial charge in [0.25, 0.3) is 0 Å². The summed E-state index contributed by atoms with van der Waals surface area (Å²) < 4.78 is 24.2. The van der Waals surface area contributed by atoms with Crippen molar-refractivity contribution in [2.24, 2.45) is 0 Å². The molecule has 1 fully saturated rings. The van der Waals surface area contributed by atoms with Crippen LogP contribution in [0.3, 0.4) is 0 Å². The number of hydrogen-bond acceptors (Lipinski definition) is 4. The molecule has 5 nitrogen and oxygen atoms in total. The van der Waals surface area contributed by atoms with Gasteiger partial charge in [-0.1, -0.05) is 41.9 Å². The summed E-state index contributed by atoms with van der Waals surface area (Å²) >= 11 is 6.00. The van der Waals surface area contributed by atoms with Gasteiger partial charge < -0.3 is 13.9 Å². The number of carbonyl (C=O) groups is 1. The molecule has 1 aliphatic rings. The number of anilines is 1. The molecule has 1 saturated heterocycles. The van der Waals surface area contributed by atoms with Crippen molar-refractivity contribution in [2.45, 2.75) is 25.5 Å². The largest absolute Gasteiger partial charge is 0.345 e. The van der Waals surface area contributed by atoms with E-state index in [0.29, 0.717) is 5.02 Å². The number of amides is 1. The second-order valence-electron chi connectivity index (χ2n) is 5.86. The lowest BCUT2D eigenvalue weighted by molar-refractivity contribution is -0.124. The molecule has 1 amide bonds. The average Bonchev–Trinajstić information content (AvgIpc) is 2.62. The summed E-state index contributed by atoms with van der Waals surface area (Å²) in [6.45, 7) is 3.89. The smallest absolute Gasteiger partial charge is 0.308 e. The Balaban J connectivity index is 2.04. The molecule has 1 aliphatic heterocycles. The van der Waals surface area contributed by atoms with Gasteiger partial charge in [-0.05, 0) is 43.7 Å². The van der Waals surface area contributed by atoms with Gasteiger partial charge in [0.1, 0.15) is 0 Å². The second kappa shape index (κ2) is 7.93. The maximum Gasteiger partial charge on any atom is 0.345 e. The van der Waals surface area contributed by atoms with Crippen molar-refractivity contribution in [3.05, 3.63) is 65.2 Å². The number of rotatable bonds is 7. The molecule has 7 heteroatoms. The van der Waals surface area contributed by atoms with Crippen LogP contribution in [0.1, 0.15) is 25.5 Å². The lowest BCUT2D eigenvalue weighted by atomic mass is 9.92. The van der Waals surface area contributed by atoms with E-state index in [1.165, 1.54) is 0 Å². The van der Waals surface area contributed by atoms with E-state index in [0.717, 1.165) is 11.3 Å². The van der Waals surface area contributed by atoms with Crippen molar-refractivity contribution < 1.29 is 18.4 Å². The van der Waals surface area contributed by atoms with Crippen LogP contribution in [0.5, 0.6) is 0 Å². The number of hydrogen-bond donors (Lipinski definition) is 0. The first-order valence-electron chi connectivity index (χ1n) is 8.54. The molecule has 2 aromatic carbocycles. The van der Waals surface area contributed by atoms with Crippen molar-refractivity contribution >= 4 is 30.8 Å². The van der Waals surface area contributed by atoms with Crippen LogP contribution in [0.25, 0.3) is 0 Å². The quantitative estimate of drug-likeness (QED) is 0.487. The van der Waals surface area contributed by atoms with E-state index in [2.05, 4.69) is 0 Å². The van der Waals surface area contributed by atoms with E-state index in [-0.39, 0.29) is 19.1 Å². The van der Waals surface area contributed by atoms with Gasteiger partial charge in [-0.25, -0.2) is 0 Å². The fourth-order valence-corrected chi connectivity index (χ4v) is 5.50. The van der Waals surface area contributed by atoms with Gasteiger partial charge in [0.2, 0.25) is 5.91 Å². The monoisotopic (exact) mass is 393 g/mol. The molecule has 0 aliphatic carbocycles. The lowest BCUT2D eigenvalue weighted by Gasteiger charge is -2.48. The zero-order valence-electron chi connectivity index (χ0n) is 14.7. The Kier molecular flexibility index (Phi) is 5.83. The molecule has 0 saturated carbocycles. The molecule has 3 rings (SSSR count). The topological polar surface area (TPSA) is 55.8 Å². The molecule has 0 radical (unpaired) electrons. The Labute approximate surface area is 158 Å². The van der Waals surface area contributed by atoms with Crippen molar-refractivity contribution in [1.29, 1.82) is 0 Å². The van der Waals surface area contributed by atoms with Crippen LogP contribution in [0.4, 0.5) is 5.69 Å². The van der Waals surface area contributed by atoms with Crippen LogP contribution in [0.15, 0.2) is 54.6 Å². The minimum atomic E-state index is -3.60. The second-order valence-corrected chi connectivity index (χ2v) is 8.45. The highest BCUT2D eigenvalue weighted by Gasteiger charge is 2.59. The molecule has 0 aromatic heterocycles. The first kappa shape index (κ1) is 19.1. The number of β-lactam (4-membered cyclic amide) rings is 1. The molecule has 0 bridgehead atoms. The minimum Gasteiger partial charge on any atom is -0.308 e. The van der Waals surface area contributed by atoms with Crippen molar-refractivity contribution in [3.8, 4) is 0 Å². The van der Waals surface area contributed by atoms with Gasteiger partial charge in [-0.15, -0.1) is 0 Å². The number of halogens is 1. The third kappa shape index (κ3) is 3.45. The van der Waals surface area contributed by atoms with Crippen LogP contribution >= 0.6 is 19.2 Å². The molecule has 2 aromatic rings. The molecule has 0 spiro atoms. The normalized spacial score (nSPS) is 20.1. The van der Waals surface area contributed by atoms with Crippen molar-refractivity contribution in [1.82, 2.24) is 0 Å². The third-order valence-electron chi connectivity index (χ3n) is 4.27. The van der Waals surface area contributed by atoms with E-state index in [9.17, 15) is 9.36 Å². The minimum absolute atomic E-state index is 0.208. The number of carbonyl (C=O) groups excluding carboxylic acids is 1. The molecular weight excluding hydrogens is 373 g/mol. The predicted octanol–water partition coefficient (Wildman–Crippen LogP) is 5.06. The number of nitrogens with zero attached hydrogens (tertiary/aromatic N) is 1. The first-order chi connectivity index (χ1) is 12.5. The molecule has 138 valence electrons. The SMILES string of the molecule is CCOP(=O)(OCC)[C@H]1C(=O)N(c2ccccc2)[C@@H]1c1ccc(Cl)cc1. The molecule has 2 atom stereocenters. The fraction of sp³-hybridized carbons (Fsp3) is 0.316. The van der Waals surface area contributed by atoms with Gasteiger partial charge >= 0.3 is 7.60 Å². The maximum absolute atomic E-state index is 13.3. The molecule has 26 heavy (non-hydrogen) atoms. The summed E-state index contributed by atoms with van der Waals surface area (Å²) in [6, 6.07) is 16.1. The summed E-state index contributed by atoms with van der Waals surface area (Å²) in [4.78, 5) is 14.6. The van der Waals surface area contributed by atoms with Crippen molar-refractivity contribution in [2.75, 3.05) is 18.1 Å².